The zero-order valence-electron chi connectivity index (χ0n) is 14.7. The van der Waals surface area contributed by atoms with Crippen molar-refractivity contribution in [2.45, 2.75) is 19.8 Å². The molecule has 0 fully saturated rings. The van der Waals surface area contributed by atoms with E-state index in [-0.39, 0.29) is 17.0 Å². The van der Waals surface area contributed by atoms with Crippen LogP contribution in [-0.4, -0.2) is 6.54 Å². The van der Waals surface area contributed by atoms with Gasteiger partial charge in [-0.25, -0.2) is 0 Å². The van der Waals surface area contributed by atoms with Crippen LogP contribution < -0.4 is 21.0 Å². The zero-order chi connectivity index (χ0) is 16.7. The third kappa shape index (κ3) is 4.39. The van der Waals surface area contributed by atoms with Crippen LogP contribution >= 0.6 is 24.4 Å². The van der Waals surface area contributed by atoms with Gasteiger partial charge in [0.25, 0.3) is 0 Å². The van der Waals surface area contributed by atoms with E-state index >= 15 is 0 Å². The van der Waals surface area contributed by atoms with Crippen molar-refractivity contribution in [2.75, 3.05) is 6.54 Å². The summed E-state index contributed by atoms with van der Waals surface area (Å²) in [5.41, 5.74) is 0. The van der Waals surface area contributed by atoms with Crippen LogP contribution in [0.2, 0.25) is 0 Å². The Morgan fingerprint density at radius 1 is 0.640 bits per heavy atom. The van der Waals surface area contributed by atoms with Crippen molar-refractivity contribution >= 4 is 40.3 Å². The van der Waals surface area contributed by atoms with E-state index in [1.54, 1.807) is 0 Å². The van der Waals surface area contributed by atoms with Crippen molar-refractivity contribution in [3.8, 4) is 0 Å². The van der Waals surface area contributed by atoms with Crippen molar-refractivity contribution in [1.29, 1.82) is 0 Å². The van der Waals surface area contributed by atoms with E-state index in [0.29, 0.717) is 0 Å². The van der Waals surface area contributed by atoms with Crippen LogP contribution in [0.1, 0.15) is 19.8 Å². The van der Waals surface area contributed by atoms with Gasteiger partial charge in [0.05, 0.1) is 0 Å². The van der Waals surface area contributed by atoms with Crippen LogP contribution in [0.4, 0.5) is 0 Å². The van der Waals surface area contributed by atoms with Gasteiger partial charge in [-0.3, -0.25) is 0 Å². The van der Waals surface area contributed by atoms with Crippen molar-refractivity contribution in [1.82, 2.24) is 5.09 Å². The molecule has 3 heteroatoms. The van der Waals surface area contributed by atoms with Crippen LogP contribution in [0.25, 0.3) is 0 Å². The summed E-state index contributed by atoms with van der Waals surface area (Å²) in [6, 6.07) is 32.9. The molecule has 0 unspecified atom stereocenters. The molecule has 0 aromatic heterocycles. The van der Waals surface area contributed by atoms with E-state index in [0.717, 1.165) is 6.54 Å². The summed E-state index contributed by atoms with van der Waals surface area (Å²) in [7, 11) is -2.21. The predicted molar refractivity (Wildman–Crippen MR) is 120 cm³/mol. The summed E-state index contributed by atoms with van der Waals surface area (Å²) in [6.07, 6.45) is 2.40. The Bertz CT molecular complexity index is 635. The summed E-state index contributed by atoms with van der Waals surface area (Å²) in [6.45, 7) is 3.29. The van der Waals surface area contributed by atoms with E-state index in [1.165, 1.54) is 28.8 Å². The third-order valence-electron chi connectivity index (χ3n) is 4.54. The quantitative estimate of drug-likeness (QED) is 0.439. The molecule has 0 aliphatic heterocycles. The summed E-state index contributed by atoms with van der Waals surface area (Å²) in [5, 5.41) is 8.27. The second kappa shape index (κ2) is 9.87. The molecule has 1 nitrogen and oxygen atoms in total. The van der Waals surface area contributed by atoms with Crippen molar-refractivity contribution < 1.29 is 0 Å². The average Bonchev–Trinajstić information content (AvgIpc) is 2.68. The minimum atomic E-state index is -2.21. The molecule has 0 saturated carbocycles. The van der Waals surface area contributed by atoms with Crippen LogP contribution in [0.5, 0.6) is 0 Å². The molecule has 132 valence electrons. The summed E-state index contributed by atoms with van der Waals surface area (Å²) < 4.78 is 0. The van der Waals surface area contributed by atoms with Crippen LogP contribution in [0, 0.1) is 0 Å². The van der Waals surface area contributed by atoms with Crippen LogP contribution in [-0.2, 0) is 0 Å². The molecular weight excluding hydrogens is 389 g/mol. The number of rotatable bonds is 7. The monoisotopic (exact) mass is 415 g/mol. The molecule has 0 spiro atoms. The van der Waals surface area contributed by atoms with Gasteiger partial charge in [-0.15, -0.1) is 17.0 Å². The van der Waals surface area contributed by atoms with Gasteiger partial charge in [0.15, 0.2) is 0 Å². The minimum absolute atomic E-state index is 0. The van der Waals surface area contributed by atoms with E-state index < -0.39 is 7.41 Å². The number of hydrogen-bond donors (Lipinski definition) is 1. The fourth-order valence-electron chi connectivity index (χ4n) is 3.32. The Morgan fingerprint density at radius 3 is 1.32 bits per heavy atom. The van der Waals surface area contributed by atoms with Crippen LogP contribution in [0.15, 0.2) is 91.0 Å². The molecule has 0 atom stereocenters. The number of nitrogens with one attached hydrogen (secondary N) is 1. The fourth-order valence-corrected chi connectivity index (χ4v) is 7.56. The molecule has 0 aliphatic carbocycles. The number of hydrogen-bond acceptors (Lipinski definition) is 1. The van der Waals surface area contributed by atoms with Crippen molar-refractivity contribution in [2.24, 2.45) is 0 Å². The second-order valence-corrected chi connectivity index (χ2v) is 9.71. The number of halogens is 1. The Hall–Kier alpha value is -1.47. The molecule has 1 N–H and O–H groups in total. The van der Waals surface area contributed by atoms with Crippen molar-refractivity contribution in [3.63, 3.8) is 0 Å². The number of benzene rings is 3. The second-order valence-electron chi connectivity index (χ2n) is 6.13. The maximum absolute atomic E-state index is 4.02. The van der Waals surface area contributed by atoms with Gasteiger partial charge in [0, 0.05) is 0 Å². The molecule has 0 radical (unpaired) electrons. The predicted octanol–water partition coefficient (Wildman–Crippen LogP) is 4.60. The fraction of sp³-hybridized carbons (Fsp3) is 0.182. The summed E-state index contributed by atoms with van der Waals surface area (Å²) in [5.74, 6) is 0. The number of unbranched alkanes of at least 4 members (excludes halogenated alkanes) is 1. The van der Waals surface area contributed by atoms with Gasteiger partial charge >= 0.3 is 146 Å². The van der Waals surface area contributed by atoms with Crippen LogP contribution in [0.3, 0.4) is 0 Å². The third-order valence-corrected chi connectivity index (χ3v) is 8.92. The maximum atomic E-state index is 4.02. The molecule has 0 amide bonds. The first kappa shape index (κ1) is 19.8. The average molecular weight is 416 g/mol. The first-order chi connectivity index (χ1) is 11.9. The summed E-state index contributed by atoms with van der Waals surface area (Å²) >= 11 is 0. The molecule has 0 heterocycles. The molecular formula is C22H27BrNP. The molecule has 0 aliphatic rings. The molecule has 3 aromatic carbocycles. The zero-order valence-corrected chi connectivity index (χ0v) is 17.4. The Labute approximate surface area is 162 Å². The first-order valence-corrected chi connectivity index (χ1v) is 10.8. The molecule has 3 rings (SSSR count). The van der Waals surface area contributed by atoms with E-state index in [2.05, 4.69) is 103 Å². The van der Waals surface area contributed by atoms with E-state index in [4.69, 9.17) is 0 Å². The van der Waals surface area contributed by atoms with Gasteiger partial charge in [0.2, 0.25) is 0 Å². The molecule has 25 heavy (non-hydrogen) atoms. The summed E-state index contributed by atoms with van der Waals surface area (Å²) in [4.78, 5) is 0. The normalized spacial score (nSPS) is 11.6. The van der Waals surface area contributed by atoms with Gasteiger partial charge in [-0.1, -0.05) is 0 Å². The van der Waals surface area contributed by atoms with Gasteiger partial charge in [-0.05, 0) is 0 Å². The van der Waals surface area contributed by atoms with Crippen molar-refractivity contribution in [3.05, 3.63) is 91.0 Å². The van der Waals surface area contributed by atoms with E-state index in [9.17, 15) is 0 Å². The Morgan fingerprint density at radius 2 is 1.00 bits per heavy atom. The standard InChI is InChI=1S/C22H26NP.BrH/c1-2-3-19-23-24(20-13-7-4-8-14-20,21-15-9-5-10-16-21)22-17-11-6-12-18-22;/h4-18,23-24H,2-3,19H2,1H3;1H. The van der Waals surface area contributed by atoms with Gasteiger partial charge in [-0.2, -0.15) is 0 Å². The Kier molecular flexibility index (Phi) is 7.84. The van der Waals surface area contributed by atoms with Gasteiger partial charge in [0.1, 0.15) is 0 Å². The topological polar surface area (TPSA) is 12.0 Å². The first-order valence-electron chi connectivity index (χ1n) is 8.79. The molecule has 0 bridgehead atoms. The molecule has 3 aromatic rings. The Balaban J connectivity index is 0.00000225. The van der Waals surface area contributed by atoms with E-state index in [1.807, 2.05) is 0 Å². The van der Waals surface area contributed by atoms with Gasteiger partial charge < -0.3 is 0 Å². The molecule has 0 saturated heterocycles. The SMILES string of the molecule is Br.CCCCN[PH](c1ccccc1)(c1ccccc1)c1ccccc1.